The molecule has 2 aromatic carbocycles. The molecule has 1 fully saturated rings. The summed E-state index contributed by atoms with van der Waals surface area (Å²) in [5.41, 5.74) is 4.83. The van der Waals surface area contributed by atoms with Crippen LogP contribution in [0.1, 0.15) is 29.0 Å². The molecule has 0 aromatic heterocycles. The minimum absolute atomic E-state index is 0.0419. The third kappa shape index (κ3) is 1.86. The van der Waals surface area contributed by atoms with Gasteiger partial charge in [-0.05, 0) is 42.0 Å². The van der Waals surface area contributed by atoms with Crippen LogP contribution in [0.5, 0.6) is 0 Å². The van der Waals surface area contributed by atoms with Gasteiger partial charge in [-0.2, -0.15) is 10.3 Å². The maximum Gasteiger partial charge on any atom is 0.205 e. The predicted molar refractivity (Wildman–Crippen MR) is 86.2 cm³/mol. The zero-order chi connectivity index (χ0) is 14.4. The molecule has 0 amide bonds. The van der Waals surface area contributed by atoms with Crippen molar-refractivity contribution in [3.63, 3.8) is 0 Å². The molecule has 0 bridgehead atoms. The highest BCUT2D eigenvalue weighted by Crippen LogP contribution is 2.65. The fraction of sp³-hybridized carbons (Fsp3) is 0.222. The molecule has 2 aromatic rings. The van der Waals surface area contributed by atoms with Crippen LogP contribution in [0.2, 0.25) is 0 Å². The topological polar surface area (TPSA) is 36.1 Å². The Balaban J connectivity index is 1.80. The molecule has 0 saturated heterocycles. The van der Waals surface area contributed by atoms with Crippen LogP contribution < -0.4 is 0 Å². The second-order valence-corrected chi connectivity index (χ2v) is 6.78. The third-order valence-electron chi connectivity index (χ3n) is 4.74. The van der Waals surface area contributed by atoms with E-state index in [-0.39, 0.29) is 5.41 Å². The Hall–Kier alpha value is -1.92. The summed E-state index contributed by atoms with van der Waals surface area (Å²) in [6, 6.07) is 16.9. The average molecular weight is 337 g/mol. The summed E-state index contributed by atoms with van der Waals surface area (Å²) in [5.74, 6) is 0.483. The quantitative estimate of drug-likeness (QED) is 0.708. The second kappa shape index (κ2) is 4.54. The van der Waals surface area contributed by atoms with Crippen LogP contribution in [0.25, 0.3) is 0 Å². The predicted octanol–water partition coefficient (Wildman–Crippen LogP) is 4.45. The monoisotopic (exact) mass is 336 g/mol. The van der Waals surface area contributed by atoms with Crippen LogP contribution in [0, 0.1) is 16.9 Å². The fourth-order valence-electron chi connectivity index (χ4n) is 3.72. The van der Waals surface area contributed by atoms with Crippen molar-refractivity contribution in [2.45, 2.75) is 18.8 Å². The Morgan fingerprint density at radius 3 is 2.76 bits per heavy atom. The van der Waals surface area contributed by atoms with Gasteiger partial charge in [-0.15, -0.1) is 0 Å². The molecular weight excluding hydrogens is 324 g/mol. The molecule has 2 aliphatic carbocycles. The van der Waals surface area contributed by atoms with E-state index >= 15 is 0 Å². The molecule has 4 rings (SSSR count). The molecule has 1 saturated carbocycles. The largest absolute Gasteiger partial charge is 0.205 e. The molecule has 2 nitrogen and oxygen atoms in total. The van der Waals surface area contributed by atoms with Gasteiger partial charge in [0.05, 0.1) is 5.71 Å². The van der Waals surface area contributed by atoms with Gasteiger partial charge in [0.15, 0.2) is 0 Å². The molecule has 2 atom stereocenters. The van der Waals surface area contributed by atoms with E-state index in [1.807, 2.05) is 12.3 Å². The van der Waals surface area contributed by atoms with Crippen LogP contribution in [-0.4, -0.2) is 5.71 Å². The normalized spacial score (nSPS) is 27.6. The van der Waals surface area contributed by atoms with Crippen molar-refractivity contribution >= 4 is 21.6 Å². The van der Waals surface area contributed by atoms with E-state index in [1.54, 1.807) is 0 Å². The van der Waals surface area contributed by atoms with Gasteiger partial charge in [0, 0.05) is 15.5 Å². The molecule has 2 aliphatic rings. The van der Waals surface area contributed by atoms with Gasteiger partial charge in [-0.25, -0.2) is 0 Å². The standard InChI is InChI=1S/C18H13BrN2/c19-14-7-6-13-9-18(17(21-11-20)15(13)8-14)10-16(18)12-4-2-1-3-5-12/h1-8,16H,9-10H2/b21-17-/t16-,18+/m1/s1. The molecular formula is C18H13BrN2. The lowest BCUT2D eigenvalue weighted by molar-refractivity contribution is 0.692. The number of aliphatic imine (C=N–C) groups is 1. The Bertz CT molecular complexity index is 789. The number of fused-ring (bicyclic) bond motifs is 1. The summed E-state index contributed by atoms with van der Waals surface area (Å²) in [7, 11) is 0. The summed E-state index contributed by atoms with van der Waals surface area (Å²) < 4.78 is 1.04. The molecule has 0 aliphatic heterocycles. The van der Waals surface area contributed by atoms with E-state index in [0.717, 1.165) is 28.6 Å². The number of hydrogen-bond donors (Lipinski definition) is 0. The Kier molecular flexibility index (Phi) is 2.77. The van der Waals surface area contributed by atoms with E-state index in [2.05, 4.69) is 63.4 Å². The van der Waals surface area contributed by atoms with Gasteiger partial charge in [0.1, 0.15) is 0 Å². The number of nitriles is 1. The Morgan fingerprint density at radius 1 is 1.19 bits per heavy atom. The molecule has 0 heterocycles. The van der Waals surface area contributed by atoms with Crippen molar-refractivity contribution in [2.24, 2.45) is 10.4 Å². The molecule has 102 valence electrons. The van der Waals surface area contributed by atoms with Crippen molar-refractivity contribution in [1.29, 1.82) is 5.26 Å². The molecule has 0 N–H and O–H groups in total. The molecule has 3 heteroatoms. The van der Waals surface area contributed by atoms with Gasteiger partial charge in [-0.1, -0.05) is 52.3 Å². The van der Waals surface area contributed by atoms with Crippen molar-refractivity contribution in [2.75, 3.05) is 0 Å². The van der Waals surface area contributed by atoms with Crippen LogP contribution in [0.4, 0.5) is 0 Å². The number of nitrogens with zero attached hydrogens (tertiary/aromatic N) is 2. The number of rotatable bonds is 1. The maximum atomic E-state index is 9.09. The summed E-state index contributed by atoms with van der Waals surface area (Å²) in [4.78, 5) is 4.20. The first-order chi connectivity index (χ1) is 10.2. The van der Waals surface area contributed by atoms with Crippen LogP contribution in [-0.2, 0) is 6.42 Å². The lowest BCUT2D eigenvalue weighted by atomic mass is 9.94. The highest BCUT2D eigenvalue weighted by Gasteiger charge is 2.61. The fourth-order valence-corrected chi connectivity index (χ4v) is 4.08. The summed E-state index contributed by atoms with van der Waals surface area (Å²) in [6.45, 7) is 0. The van der Waals surface area contributed by atoms with Crippen molar-refractivity contribution < 1.29 is 0 Å². The van der Waals surface area contributed by atoms with E-state index in [1.165, 1.54) is 11.1 Å². The highest BCUT2D eigenvalue weighted by atomic mass is 79.9. The SMILES string of the molecule is N#C/N=C1/c2cc(Br)ccc2C[C@@]12C[C@@H]2c1ccccc1. The van der Waals surface area contributed by atoms with E-state index in [9.17, 15) is 0 Å². The summed E-state index contributed by atoms with van der Waals surface area (Å²) in [5, 5.41) is 9.09. The first kappa shape index (κ1) is 12.8. The highest BCUT2D eigenvalue weighted by molar-refractivity contribution is 9.10. The average Bonchev–Trinajstić information content (AvgIpc) is 3.14. The lowest BCUT2D eigenvalue weighted by Crippen LogP contribution is -2.13. The summed E-state index contributed by atoms with van der Waals surface area (Å²) >= 11 is 3.52. The van der Waals surface area contributed by atoms with E-state index < -0.39 is 0 Å². The Morgan fingerprint density at radius 2 is 2.00 bits per heavy atom. The van der Waals surface area contributed by atoms with Gasteiger partial charge in [0.25, 0.3) is 0 Å². The van der Waals surface area contributed by atoms with Crippen molar-refractivity contribution in [1.82, 2.24) is 0 Å². The van der Waals surface area contributed by atoms with Gasteiger partial charge < -0.3 is 0 Å². The zero-order valence-electron chi connectivity index (χ0n) is 11.4. The van der Waals surface area contributed by atoms with Crippen molar-refractivity contribution in [3.05, 3.63) is 69.7 Å². The maximum absolute atomic E-state index is 9.09. The number of halogens is 1. The Labute approximate surface area is 132 Å². The molecule has 0 radical (unpaired) electrons. The molecule has 0 unspecified atom stereocenters. The van der Waals surface area contributed by atoms with Gasteiger partial charge >= 0.3 is 0 Å². The van der Waals surface area contributed by atoms with E-state index in [4.69, 9.17) is 5.26 Å². The smallest absolute Gasteiger partial charge is 0.177 e. The van der Waals surface area contributed by atoms with Crippen molar-refractivity contribution in [3.8, 4) is 6.19 Å². The number of hydrogen-bond acceptors (Lipinski definition) is 2. The third-order valence-corrected chi connectivity index (χ3v) is 5.24. The van der Waals surface area contributed by atoms with Gasteiger partial charge in [0.2, 0.25) is 6.19 Å². The minimum atomic E-state index is 0.0419. The van der Waals surface area contributed by atoms with Crippen LogP contribution in [0.15, 0.2) is 58.0 Å². The minimum Gasteiger partial charge on any atom is -0.177 e. The first-order valence-electron chi connectivity index (χ1n) is 7.05. The lowest BCUT2D eigenvalue weighted by Gasteiger charge is -2.10. The zero-order valence-corrected chi connectivity index (χ0v) is 13.0. The van der Waals surface area contributed by atoms with Crippen LogP contribution in [0.3, 0.4) is 0 Å². The second-order valence-electron chi connectivity index (χ2n) is 5.86. The summed E-state index contributed by atoms with van der Waals surface area (Å²) in [6.07, 6.45) is 4.09. The first-order valence-corrected chi connectivity index (χ1v) is 7.85. The van der Waals surface area contributed by atoms with E-state index in [0.29, 0.717) is 5.92 Å². The van der Waals surface area contributed by atoms with Gasteiger partial charge in [-0.3, -0.25) is 0 Å². The van der Waals surface area contributed by atoms with Crippen LogP contribution >= 0.6 is 15.9 Å². The molecule has 1 spiro atoms. The molecule has 21 heavy (non-hydrogen) atoms. The number of benzene rings is 2.